The van der Waals surface area contributed by atoms with Crippen molar-refractivity contribution >= 4 is 45.2 Å². The first-order chi connectivity index (χ1) is 10.5. The maximum Gasteiger partial charge on any atom is 0.221 e. The quantitative estimate of drug-likeness (QED) is 0.833. The summed E-state index contributed by atoms with van der Waals surface area (Å²) in [7, 11) is 0. The van der Waals surface area contributed by atoms with Gasteiger partial charge in [-0.15, -0.1) is 11.3 Å². The SMILES string of the molecule is C=C(Nc1ccc(Cl)cc1)c1c(NC(C)=O)sc2c1CCC2. The fraction of sp³-hybridized carbons (Fsp3) is 0.235. The second kappa shape index (κ2) is 6.15. The fourth-order valence-electron chi connectivity index (χ4n) is 2.74. The highest BCUT2D eigenvalue weighted by molar-refractivity contribution is 7.16. The number of thiophene rings is 1. The van der Waals surface area contributed by atoms with Gasteiger partial charge in [-0.1, -0.05) is 18.2 Å². The number of amides is 1. The van der Waals surface area contributed by atoms with Gasteiger partial charge in [0.05, 0.1) is 0 Å². The molecule has 22 heavy (non-hydrogen) atoms. The molecule has 1 aromatic carbocycles. The molecule has 1 aliphatic rings. The summed E-state index contributed by atoms with van der Waals surface area (Å²) in [6.45, 7) is 5.70. The maximum absolute atomic E-state index is 11.4. The molecule has 0 saturated carbocycles. The number of halogens is 1. The maximum atomic E-state index is 11.4. The van der Waals surface area contributed by atoms with Crippen LogP contribution >= 0.6 is 22.9 Å². The first-order valence-corrected chi connectivity index (χ1v) is 8.38. The number of fused-ring (bicyclic) bond motifs is 1. The van der Waals surface area contributed by atoms with Gasteiger partial charge in [0.1, 0.15) is 5.00 Å². The van der Waals surface area contributed by atoms with Crippen molar-refractivity contribution in [2.45, 2.75) is 26.2 Å². The zero-order valence-corrected chi connectivity index (χ0v) is 13.9. The molecule has 0 saturated heterocycles. The van der Waals surface area contributed by atoms with Crippen molar-refractivity contribution in [3.8, 4) is 0 Å². The van der Waals surface area contributed by atoms with Crippen molar-refractivity contribution in [2.75, 3.05) is 10.6 Å². The lowest BCUT2D eigenvalue weighted by Crippen LogP contribution is -2.08. The molecule has 114 valence electrons. The molecule has 5 heteroatoms. The number of hydrogen-bond acceptors (Lipinski definition) is 3. The van der Waals surface area contributed by atoms with Gasteiger partial charge in [-0.3, -0.25) is 4.79 Å². The van der Waals surface area contributed by atoms with Gasteiger partial charge < -0.3 is 10.6 Å². The molecule has 0 fully saturated rings. The average molecular weight is 333 g/mol. The van der Waals surface area contributed by atoms with Crippen LogP contribution in [0.2, 0.25) is 5.02 Å². The minimum atomic E-state index is -0.0551. The van der Waals surface area contributed by atoms with E-state index in [9.17, 15) is 4.79 Å². The summed E-state index contributed by atoms with van der Waals surface area (Å²) >= 11 is 7.58. The zero-order chi connectivity index (χ0) is 15.7. The molecule has 1 heterocycles. The van der Waals surface area contributed by atoms with Gasteiger partial charge >= 0.3 is 0 Å². The first kappa shape index (κ1) is 15.1. The van der Waals surface area contributed by atoms with E-state index in [-0.39, 0.29) is 5.91 Å². The highest BCUT2D eigenvalue weighted by Gasteiger charge is 2.24. The number of nitrogens with one attached hydrogen (secondary N) is 2. The molecule has 0 bridgehead atoms. The minimum absolute atomic E-state index is 0.0551. The van der Waals surface area contributed by atoms with Crippen LogP contribution in [0.1, 0.15) is 29.3 Å². The number of hydrogen-bond donors (Lipinski definition) is 2. The first-order valence-electron chi connectivity index (χ1n) is 7.18. The second-order valence-corrected chi connectivity index (χ2v) is 6.89. The molecule has 3 nitrogen and oxygen atoms in total. The topological polar surface area (TPSA) is 41.1 Å². The van der Waals surface area contributed by atoms with E-state index in [1.165, 1.54) is 23.8 Å². The van der Waals surface area contributed by atoms with Gasteiger partial charge in [0.25, 0.3) is 0 Å². The van der Waals surface area contributed by atoms with Gasteiger partial charge in [0.15, 0.2) is 0 Å². The second-order valence-electron chi connectivity index (χ2n) is 5.35. The predicted molar refractivity (Wildman–Crippen MR) is 94.8 cm³/mol. The summed E-state index contributed by atoms with van der Waals surface area (Å²) in [5.41, 5.74) is 4.11. The van der Waals surface area contributed by atoms with E-state index in [0.717, 1.165) is 34.8 Å². The van der Waals surface area contributed by atoms with Gasteiger partial charge in [0, 0.05) is 33.8 Å². The van der Waals surface area contributed by atoms with Crippen molar-refractivity contribution < 1.29 is 4.79 Å². The van der Waals surface area contributed by atoms with Crippen LogP contribution in [0.3, 0.4) is 0 Å². The number of carbonyl (C=O) groups excluding carboxylic acids is 1. The third-order valence-electron chi connectivity index (χ3n) is 3.65. The molecule has 0 radical (unpaired) electrons. The lowest BCUT2D eigenvalue weighted by atomic mass is 10.1. The van der Waals surface area contributed by atoms with Crippen molar-refractivity contribution in [3.63, 3.8) is 0 Å². The minimum Gasteiger partial charge on any atom is -0.355 e. The molecule has 1 amide bonds. The summed E-state index contributed by atoms with van der Waals surface area (Å²) in [6.07, 6.45) is 3.30. The summed E-state index contributed by atoms with van der Waals surface area (Å²) in [5.74, 6) is -0.0551. The summed E-state index contributed by atoms with van der Waals surface area (Å²) in [4.78, 5) is 12.8. The fourth-order valence-corrected chi connectivity index (χ4v) is 4.23. The van der Waals surface area contributed by atoms with Gasteiger partial charge in [-0.2, -0.15) is 0 Å². The Hall–Kier alpha value is -1.78. The normalized spacial score (nSPS) is 12.8. The molecule has 0 unspecified atom stereocenters. The van der Waals surface area contributed by atoms with Gasteiger partial charge in [-0.25, -0.2) is 0 Å². The molecule has 0 aliphatic heterocycles. The number of carbonyl (C=O) groups is 1. The van der Waals surface area contributed by atoms with E-state index in [2.05, 4.69) is 17.2 Å². The Labute approximate surface area is 139 Å². The molecule has 1 aliphatic carbocycles. The van der Waals surface area contributed by atoms with Gasteiger partial charge in [0.2, 0.25) is 5.91 Å². The largest absolute Gasteiger partial charge is 0.355 e. The van der Waals surface area contributed by atoms with Crippen molar-refractivity contribution in [2.24, 2.45) is 0 Å². The van der Waals surface area contributed by atoms with Crippen LogP contribution in [0, 0.1) is 0 Å². The molecular weight excluding hydrogens is 316 g/mol. The van der Waals surface area contributed by atoms with E-state index in [0.29, 0.717) is 5.02 Å². The van der Waals surface area contributed by atoms with Crippen molar-refractivity contribution in [1.82, 2.24) is 0 Å². The van der Waals surface area contributed by atoms with E-state index in [4.69, 9.17) is 11.6 Å². The Balaban J connectivity index is 1.90. The lowest BCUT2D eigenvalue weighted by Gasteiger charge is -2.13. The van der Waals surface area contributed by atoms with E-state index < -0.39 is 0 Å². The summed E-state index contributed by atoms with van der Waals surface area (Å²) in [6, 6.07) is 7.50. The highest BCUT2D eigenvalue weighted by atomic mass is 35.5. The Bertz CT molecular complexity index is 734. The third-order valence-corrected chi connectivity index (χ3v) is 5.11. The Morgan fingerprint density at radius 3 is 2.64 bits per heavy atom. The number of aryl methyl sites for hydroxylation is 1. The molecule has 0 spiro atoms. The summed E-state index contributed by atoms with van der Waals surface area (Å²) < 4.78 is 0. The smallest absolute Gasteiger partial charge is 0.221 e. The van der Waals surface area contributed by atoms with Gasteiger partial charge in [-0.05, 0) is 49.1 Å². The molecule has 0 atom stereocenters. The monoisotopic (exact) mass is 332 g/mol. The van der Waals surface area contributed by atoms with Crippen LogP contribution in [-0.4, -0.2) is 5.91 Å². The number of benzene rings is 1. The molecular formula is C17H17ClN2OS. The Morgan fingerprint density at radius 2 is 1.95 bits per heavy atom. The molecule has 2 aromatic rings. The standard InChI is InChI=1S/C17H17ClN2OS/c1-10(19-13-8-6-12(18)7-9-13)16-14-4-3-5-15(14)22-17(16)20-11(2)21/h6-9,19H,1,3-5H2,2H3,(H,20,21). The Kier molecular flexibility index (Phi) is 4.23. The third kappa shape index (κ3) is 3.03. The van der Waals surface area contributed by atoms with Crippen LogP contribution in [0.4, 0.5) is 10.7 Å². The molecule has 1 aromatic heterocycles. The van der Waals surface area contributed by atoms with Crippen LogP contribution in [0.15, 0.2) is 30.8 Å². The van der Waals surface area contributed by atoms with Crippen LogP contribution < -0.4 is 10.6 Å². The molecule has 3 rings (SSSR count). The lowest BCUT2D eigenvalue weighted by molar-refractivity contribution is -0.114. The van der Waals surface area contributed by atoms with Crippen molar-refractivity contribution in [3.05, 3.63) is 51.9 Å². The average Bonchev–Trinajstić information content (AvgIpc) is 3.00. The Morgan fingerprint density at radius 1 is 1.23 bits per heavy atom. The number of rotatable bonds is 4. The van der Waals surface area contributed by atoms with E-state index >= 15 is 0 Å². The van der Waals surface area contributed by atoms with Crippen LogP contribution in [0.25, 0.3) is 5.70 Å². The zero-order valence-electron chi connectivity index (χ0n) is 12.3. The highest BCUT2D eigenvalue weighted by Crippen LogP contribution is 2.42. The van der Waals surface area contributed by atoms with Crippen LogP contribution in [0.5, 0.6) is 0 Å². The summed E-state index contributed by atoms with van der Waals surface area (Å²) in [5, 5.41) is 7.85. The van der Waals surface area contributed by atoms with E-state index in [1.807, 2.05) is 24.3 Å². The predicted octanol–water partition coefficient (Wildman–Crippen LogP) is 4.93. The number of anilines is 2. The van der Waals surface area contributed by atoms with Crippen LogP contribution in [-0.2, 0) is 17.6 Å². The molecule has 2 N–H and O–H groups in total. The van der Waals surface area contributed by atoms with Crippen molar-refractivity contribution in [1.29, 1.82) is 0 Å². The van der Waals surface area contributed by atoms with E-state index in [1.54, 1.807) is 11.3 Å².